The highest BCUT2D eigenvalue weighted by Crippen LogP contribution is 2.57. The van der Waals surface area contributed by atoms with Crippen molar-refractivity contribution in [3.8, 4) is 34.5 Å². The van der Waals surface area contributed by atoms with E-state index in [2.05, 4.69) is 5.32 Å². The Balaban J connectivity index is 1.61. The van der Waals surface area contributed by atoms with Crippen LogP contribution in [-0.2, 0) is 15.0 Å². The van der Waals surface area contributed by atoms with Crippen molar-refractivity contribution in [1.29, 1.82) is 0 Å². The van der Waals surface area contributed by atoms with Gasteiger partial charge in [-0.15, -0.1) is 0 Å². The highest BCUT2D eigenvalue weighted by Gasteiger charge is 2.55. The fraction of sp³-hybridized carbons (Fsp3) is 0.375. The highest BCUT2D eigenvalue weighted by atomic mass is 19.1. The van der Waals surface area contributed by atoms with E-state index in [-0.39, 0.29) is 55.3 Å². The number of halogens is 1. The number of para-hydroxylation sites is 1. The summed E-state index contributed by atoms with van der Waals surface area (Å²) >= 11 is 0. The maximum atomic E-state index is 15.3. The lowest BCUT2D eigenvalue weighted by Gasteiger charge is -2.32. The van der Waals surface area contributed by atoms with Gasteiger partial charge in [-0.05, 0) is 31.0 Å². The summed E-state index contributed by atoms with van der Waals surface area (Å²) in [5.41, 5.74) is -0.911. The highest BCUT2D eigenvalue weighted by molar-refractivity contribution is 6.12. The van der Waals surface area contributed by atoms with Crippen molar-refractivity contribution < 1.29 is 47.5 Å². The fourth-order valence-corrected chi connectivity index (χ4v) is 5.76. The third-order valence-corrected chi connectivity index (χ3v) is 7.72. The Morgan fingerprint density at radius 3 is 2.14 bits per heavy atom. The molecule has 3 heterocycles. The van der Waals surface area contributed by atoms with Crippen LogP contribution in [0.5, 0.6) is 34.5 Å². The van der Waals surface area contributed by atoms with E-state index in [0.717, 1.165) is 6.42 Å². The predicted molar refractivity (Wildman–Crippen MR) is 152 cm³/mol. The summed E-state index contributed by atoms with van der Waals surface area (Å²) in [6, 6.07) is 10.8. The molecule has 2 N–H and O–H groups in total. The second-order valence-corrected chi connectivity index (χ2v) is 10.6. The summed E-state index contributed by atoms with van der Waals surface area (Å²) in [5.74, 6) is 0.524. The number of carbonyl (C=O) groups excluding carboxylic acids is 2. The molecule has 11 heteroatoms. The maximum absolute atomic E-state index is 15.3. The third-order valence-electron chi connectivity index (χ3n) is 7.72. The number of nitrogens with one attached hydrogen (secondary N) is 1. The van der Waals surface area contributed by atoms with Gasteiger partial charge in [0.2, 0.25) is 19.5 Å². The first-order chi connectivity index (χ1) is 20.9. The molecule has 0 aromatic heterocycles. The Labute approximate surface area is 247 Å². The molecule has 0 spiro atoms. The molecule has 1 unspecified atom stereocenters. The minimum atomic E-state index is -1.77. The molecule has 3 aromatic rings. The first-order valence-electron chi connectivity index (χ1n) is 14.3. The number of ketones is 1. The van der Waals surface area contributed by atoms with Crippen molar-refractivity contribution in [3.05, 3.63) is 65.0 Å². The van der Waals surface area contributed by atoms with Gasteiger partial charge in [0.15, 0.2) is 28.8 Å². The quantitative estimate of drug-likeness (QED) is 0.303. The number of carbonyl (C=O) groups is 2. The molecule has 3 aliphatic heterocycles. The topological polar surface area (TPSA) is 122 Å². The lowest BCUT2D eigenvalue weighted by molar-refractivity contribution is -0.121. The van der Waals surface area contributed by atoms with Gasteiger partial charge in [-0.2, -0.15) is 0 Å². The molecule has 3 aromatic carbocycles. The van der Waals surface area contributed by atoms with Crippen LogP contribution < -0.4 is 33.7 Å². The molecule has 0 saturated heterocycles. The van der Waals surface area contributed by atoms with Gasteiger partial charge >= 0.3 is 0 Å². The van der Waals surface area contributed by atoms with Crippen molar-refractivity contribution in [3.63, 3.8) is 0 Å². The molecular formula is C32H32FNO9. The minimum Gasteiger partial charge on any atom is -0.490 e. The van der Waals surface area contributed by atoms with Crippen molar-refractivity contribution in [2.75, 3.05) is 32.1 Å². The Kier molecular flexibility index (Phi) is 7.74. The van der Waals surface area contributed by atoms with Gasteiger partial charge < -0.3 is 38.8 Å². The van der Waals surface area contributed by atoms with Gasteiger partial charge in [0.05, 0.1) is 11.8 Å². The molecule has 6 rings (SSSR count). The Morgan fingerprint density at radius 2 is 1.53 bits per heavy atom. The number of rotatable bonds is 12. The second-order valence-electron chi connectivity index (χ2n) is 10.6. The molecule has 0 aliphatic carbocycles. The standard InChI is InChI=1S/C32H32FNO9/c1-3-6-18(35)14-38-24-12-28-26(40-16-42-28)10-21(24)32(20-8-5-9-23(33)30(20)34-31(32)37)22-11-27-29(43-17-41-27)13-25(22)39-15-19(36)7-4-2/h5,8-13,18,35H,3-4,6-7,14-17H2,1-2H3,(H,34,37)/t18-,32?/m1/s1. The molecule has 0 radical (unpaired) electrons. The van der Waals surface area contributed by atoms with Gasteiger partial charge in [0, 0.05) is 35.2 Å². The van der Waals surface area contributed by atoms with E-state index in [1.165, 1.54) is 12.1 Å². The molecule has 0 bridgehead atoms. The normalized spacial score (nSPS) is 18.3. The van der Waals surface area contributed by atoms with Crippen LogP contribution in [0.2, 0.25) is 0 Å². The van der Waals surface area contributed by atoms with Gasteiger partial charge in [-0.1, -0.05) is 32.4 Å². The predicted octanol–water partition coefficient (Wildman–Crippen LogP) is 4.86. The Morgan fingerprint density at radius 1 is 0.930 bits per heavy atom. The van der Waals surface area contributed by atoms with Crippen LogP contribution in [0.4, 0.5) is 10.1 Å². The number of anilines is 1. The monoisotopic (exact) mass is 593 g/mol. The number of aliphatic hydroxyl groups excluding tert-OH is 1. The molecule has 43 heavy (non-hydrogen) atoms. The molecule has 10 nitrogen and oxygen atoms in total. The number of benzene rings is 3. The van der Waals surface area contributed by atoms with Crippen LogP contribution in [0.15, 0.2) is 42.5 Å². The second kappa shape index (κ2) is 11.6. The molecular weight excluding hydrogens is 561 g/mol. The zero-order chi connectivity index (χ0) is 30.1. The van der Waals surface area contributed by atoms with Gasteiger partial charge in [-0.25, -0.2) is 4.39 Å². The SMILES string of the molecule is CCCC(=O)COc1cc2c(cc1C1(c3cc4c(cc3OC[C@H](O)CCC)OCO4)C(=O)Nc3c(F)cccc31)OCO2. The summed E-state index contributed by atoms with van der Waals surface area (Å²) in [6.07, 6.45) is 1.45. The first-order valence-corrected chi connectivity index (χ1v) is 14.3. The minimum absolute atomic E-state index is 0.00666. The van der Waals surface area contributed by atoms with E-state index in [4.69, 9.17) is 28.4 Å². The maximum Gasteiger partial charge on any atom is 0.244 e. The first kappa shape index (κ1) is 28.6. The zero-order valence-corrected chi connectivity index (χ0v) is 23.9. The Bertz CT molecular complexity index is 1570. The summed E-state index contributed by atoms with van der Waals surface area (Å²) in [4.78, 5) is 27.0. The summed E-state index contributed by atoms with van der Waals surface area (Å²) in [6.45, 7) is 3.44. The number of hydrogen-bond donors (Lipinski definition) is 2. The molecule has 0 fully saturated rings. The van der Waals surface area contributed by atoms with E-state index in [9.17, 15) is 14.7 Å². The van der Waals surface area contributed by atoms with Crippen molar-refractivity contribution in [2.24, 2.45) is 0 Å². The number of fused-ring (bicyclic) bond motifs is 3. The van der Waals surface area contributed by atoms with E-state index >= 15 is 4.39 Å². The fourth-order valence-electron chi connectivity index (χ4n) is 5.76. The van der Waals surface area contributed by atoms with Crippen LogP contribution in [0.1, 0.15) is 56.2 Å². The zero-order valence-electron chi connectivity index (χ0n) is 23.9. The number of hydrogen-bond acceptors (Lipinski definition) is 9. The van der Waals surface area contributed by atoms with Crippen LogP contribution in [0, 0.1) is 5.82 Å². The lowest BCUT2D eigenvalue weighted by atomic mass is 9.69. The van der Waals surface area contributed by atoms with Crippen molar-refractivity contribution in [2.45, 2.75) is 51.0 Å². The van der Waals surface area contributed by atoms with Crippen molar-refractivity contribution in [1.82, 2.24) is 0 Å². The van der Waals surface area contributed by atoms with E-state index < -0.39 is 23.2 Å². The number of amides is 1. The Hall–Kier alpha value is -4.51. The summed E-state index contributed by atoms with van der Waals surface area (Å²) in [5, 5.41) is 13.2. The summed E-state index contributed by atoms with van der Waals surface area (Å²) < 4.78 is 50.2. The molecule has 3 aliphatic rings. The van der Waals surface area contributed by atoms with Gasteiger partial charge in [-0.3, -0.25) is 9.59 Å². The van der Waals surface area contributed by atoms with Crippen LogP contribution in [0.3, 0.4) is 0 Å². The average Bonchev–Trinajstić information content (AvgIpc) is 3.72. The van der Waals surface area contributed by atoms with E-state index in [1.54, 1.807) is 30.3 Å². The number of ether oxygens (including phenoxy) is 6. The number of Topliss-reactive ketones (excluding diaryl/α,β-unsaturated/α-hetero) is 1. The van der Waals surface area contributed by atoms with Crippen LogP contribution in [-0.4, -0.2) is 49.7 Å². The third kappa shape index (κ3) is 4.97. The van der Waals surface area contributed by atoms with E-state index in [1.807, 2.05) is 13.8 Å². The van der Waals surface area contributed by atoms with Crippen LogP contribution >= 0.6 is 0 Å². The van der Waals surface area contributed by atoms with Gasteiger partial charge in [0.25, 0.3) is 0 Å². The molecule has 1 amide bonds. The largest absolute Gasteiger partial charge is 0.490 e. The lowest BCUT2D eigenvalue weighted by Crippen LogP contribution is -2.38. The molecule has 0 saturated carbocycles. The summed E-state index contributed by atoms with van der Waals surface area (Å²) in [7, 11) is 0. The number of aliphatic hydroxyl groups is 1. The molecule has 226 valence electrons. The van der Waals surface area contributed by atoms with Gasteiger partial charge in [0.1, 0.15) is 35.9 Å². The smallest absolute Gasteiger partial charge is 0.244 e. The van der Waals surface area contributed by atoms with E-state index in [0.29, 0.717) is 53.4 Å². The average molecular weight is 594 g/mol. The molecule has 2 atom stereocenters. The van der Waals surface area contributed by atoms with Crippen molar-refractivity contribution >= 4 is 17.4 Å². The van der Waals surface area contributed by atoms with Crippen LogP contribution in [0.25, 0.3) is 0 Å².